The molecule has 2 unspecified atom stereocenters. The Bertz CT molecular complexity index is 1310. The van der Waals surface area contributed by atoms with E-state index in [4.69, 9.17) is 30.5 Å². The maximum Gasteiger partial charge on any atom is 0.253 e. The number of amides is 2. The molecular weight excluding hydrogens is 496 g/mol. The van der Waals surface area contributed by atoms with Gasteiger partial charge in [-0.3, -0.25) is 9.59 Å². The molecule has 0 radical (unpaired) electrons. The first-order valence-electron chi connectivity index (χ1n) is 11.9. The minimum absolute atomic E-state index is 0.146. The van der Waals surface area contributed by atoms with Crippen molar-refractivity contribution in [2.24, 2.45) is 5.92 Å². The van der Waals surface area contributed by atoms with E-state index in [0.29, 0.717) is 46.7 Å². The normalized spacial score (nSPS) is 18.0. The van der Waals surface area contributed by atoms with E-state index in [0.717, 1.165) is 11.1 Å². The van der Waals surface area contributed by atoms with Gasteiger partial charge in [-0.05, 0) is 48.0 Å². The number of benzene rings is 3. The van der Waals surface area contributed by atoms with Crippen molar-refractivity contribution >= 4 is 23.4 Å². The maximum absolute atomic E-state index is 13.5. The summed E-state index contributed by atoms with van der Waals surface area (Å²) in [5, 5.41) is 3.60. The molecule has 2 aliphatic heterocycles. The van der Waals surface area contributed by atoms with Crippen LogP contribution in [0.1, 0.15) is 27.4 Å². The van der Waals surface area contributed by atoms with Crippen LogP contribution in [-0.2, 0) is 11.3 Å². The Morgan fingerprint density at radius 1 is 0.973 bits per heavy atom. The molecule has 2 amide bonds. The van der Waals surface area contributed by atoms with Crippen molar-refractivity contribution in [1.82, 2.24) is 10.2 Å². The van der Waals surface area contributed by atoms with Gasteiger partial charge < -0.3 is 29.2 Å². The molecule has 2 atom stereocenters. The number of fused-ring (bicyclic) bond motifs is 1. The van der Waals surface area contributed by atoms with Crippen LogP contribution in [0.5, 0.6) is 23.0 Å². The van der Waals surface area contributed by atoms with Crippen molar-refractivity contribution in [2.75, 3.05) is 34.1 Å². The molecule has 0 aromatic heterocycles. The second-order valence-electron chi connectivity index (χ2n) is 8.94. The molecule has 1 fully saturated rings. The number of likely N-dealkylation sites (tertiary alicyclic amines) is 1. The van der Waals surface area contributed by atoms with Gasteiger partial charge in [0.25, 0.3) is 5.91 Å². The fourth-order valence-corrected chi connectivity index (χ4v) is 4.95. The third kappa shape index (κ3) is 5.15. The quantitative estimate of drug-likeness (QED) is 0.499. The van der Waals surface area contributed by atoms with Crippen LogP contribution in [0.15, 0.2) is 60.7 Å². The number of rotatable bonds is 7. The Hall–Kier alpha value is -3.91. The van der Waals surface area contributed by atoms with Gasteiger partial charge in [0.15, 0.2) is 11.5 Å². The number of hydrogen-bond acceptors (Lipinski definition) is 6. The Balaban J connectivity index is 1.39. The Morgan fingerprint density at radius 3 is 2.51 bits per heavy atom. The van der Waals surface area contributed by atoms with Gasteiger partial charge in [0.2, 0.25) is 12.7 Å². The highest BCUT2D eigenvalue weighted by atomic mass is 35.5. The molecule has 2 aliphatic rings. The average molecular weight is 523 g/mol. The molecule has 1 N–H and O–H groups in total. The lowest BCUT2D eigenvalue weighted by molar-refractivity contribution is -0.125. The SMILES string of the molecule is COc1ccc(C2CN(C(=O)c3ccc(Cl)cc3)CC2C(=O)NCc2ccc3c(c2)OCO3)c(OC)c1. The number of methoxy groups -OCH3 is 2. The highest BCUT2D eigenvalue weighted by Gasteiger charge is 2.41. The standard InChI is InChI=1S/C28H27ClN2O6/c1-34-20-8-9-21(25(12-20)35-2)22-14-31(28(33)18-4-6-19(29)7-5-18)15-23(22)27(32)30-13-17-3-10-24-26(11-17)37-16-36-24/h3-12,22-23H,13-16H2,1-2H3,(H,30,32). The van der Waals surface area contributed by atoms with Crippen molar-refractivity contribution < 1.29 is 28.5 Å². The lowest BCUT2D eigenvalue weighted by Crippen LogP contribution is -2.35. The molecule has 5 rings (SSSR count). The number of nitrogens with zero attached hydrogens (tertiary/aromatic N) is 1. The fraction of sp³-hybridized carbons (Fsp3) is 0.286. The number of halogens is 1. The molecule has 9 heteroatoms. The van der Waals surface area contributed by atoms with Crippen molar-refractivity contribution in [3.05, 3.63) is 82.4 Å². The van der Waals surface area contributed by atoms with Crippen molar-refractivity contribution in [2.45, 2.75) is 12.5 Å². The van der Waals surface area contributed by atoms with Crippen LogP contribution < -0.4 is 24.3 Å². The minimum Gasteiger partial charge on any atom is -0.497 e. The van der Waals surface area contributed by atoms with Crippen LogP contribution in [0.3, 0.4) is 0 Å². The maximum atomic E-state index is 13.5. The summed E-state index contributed by atoms with van der Waals surface area (Å²) in [5.41, 5.74) is 2.26. The zero-order valence-corrected chi connectivity index (χ0v) is 21.3. The number of carbonyl (C=O) groups is 2. The zero-order valence-electron chi connectivity index (χ0n) is 20.5. The largest absolute Gasteiger partial charge is 0.497 e. The first kappa shape index (κ1) is 24.8. The van der Waals surface area contributed by atoms with Gasteiger partial charge in [-0.1, -0.05) is 23.7 Å². The summed E-state index contributed by atoms with van der Waals surface area (Å²) in [5.74, 6) is 1.56. The smallest absolute Gasteiger partial charge is 0.253 e. The Labute approximate surface area is 220 Å². The number of nitrogens with one attached hydrogen (secondary N) is 1. The molecule has 8 nitrogen and oxygen atoms in total. The zero-order chi connectivity index (χ0) is 25.9. The molecule has 2 heterocycles. The first-order chi connectivity index (χ1) is 18.0. The van der Waals surface area contributed by atoms with Crippen molar-refractivity contribution in [3.63, 3.8) is 0 Å². The third-order valence-corrected chi connectivity index (χ3v) is 7.03. The lowest BCUT2D eigenvalue weighted by atomic mass is 9.87. The van der Waals surface area contributed by atoms with E-state index in [2.05, 4.69) is 5.32 Å². The summed E-state index contributed by atoms with van der Waals surface area (Å²) in [6.07, 6.45) is 0. The van der Waals surface area contributed by atoms with E-state index in [1.54, 1.807) is 49.5 Å². The van der Waals surface area contributed by atoms with Gasteiger partial charge in [0, 0.05) is 47.8 Å². The third-order valence-electron chi connectivity index (χ3n) is 6.78. The van der Waals surface area contributed by atoms with E-state index >= 15 is 0 Å². The second kappa shape index (κ2) is 10.6. The first-order valence-corrected chi connectivity index (χ1v) is 12.3. The summed E-state index contributed by atoms with van der Waals surface area (Å²) in [6, 6.07) is 17.9. The molecular formula is C28H27ClN2O6. The van der Waals surface area contributed by atoms with E-state index in [1.807, 2.05) is 30.3 Å². The fourth-order valence-electron chi connectivity index (χ4n) is 4.82. The summed E-state index contributed by atoms with van der Waals surface area (Å²) < 4.78 is 21.8. The van der Waals surface area contributed by atoms with E-state index in [9.17, 15) is 9.59 Å². The van der Waals surface area contributed by atoms with E-state index < -0.39 is 5.92 Å². The van der Waals surface area contributed by atoms with Gasteiger partial charge in [-0.25, -0.2) is 0 Å². The number of ether oxygens (including phenoxy) is 4. The highest BCUT2D eigenvalue weighted by Crippen LogP contribution is 2.40. The predicted molar refractivity (Wildman–Crippen MR) is 138 cm³/mol. The molecule has 37 heavy (non-hydrogen) atoms. The van der Waals surface area contributed by atoms with Crippen LogP contribution in [0, 0.1) is 5.92 Å². The van der Waals surface area contributed by atoms with Gasteiger partial charge in [0.1, 0.15) is 11.5 Å². The predicted octanol–water partition coefficient (Wildman–Crippen LogP) is 4.26. The summed E-state index contributed by atoms with van der Waals surface area (Å²) in [7, 11) is 3.17. The molecule has 192 valence electrons. The molecule has 0 aliphatic carbocycles. The van der Waals surface area contributed by atoms with Crippen LogP contribution in [0.25, 0.3) is 0 Å². The monoisotopic (exact) mass is 522 g/mol. The topological polar surface area (TPSA) is 86.3 Å². The second-order valence-corrected chi connectivity index (χ2v) is 9.38. The summed E-state index contributed by atoms with van der Waals surface area (Å²) in [6.45, 7) is 1.15. The number of hydrogen-bond donors (Lipinski definition) is 1. The Morgan fingerprint density at radius 2 is 1.76 bits per heavy atom. The molecule has 0 spiro atoms. The summed E-state index contributed by atoms with van der Waals surface area (Å²) >= 11 is 6.00. The van der Waals surface area contributed by atoms with Crippen molar-refractivity contribution in [3.8, 4) is 23.0 Å². The molecule has 0 bridgehead atoms. The van der Waals surface area contributed by atoms with Gasteiger partial charge in [0.05, 0.1) is 20.1 Å². The average Bonchev–Trinajstić information content (AvgIpc) is 3.58. The summed E-state index contributed by atoms with van der Waals surface area (Å²) in [4.78, 5) is 28.6. The van der Waals surface area contributed by atoms with Crippen LogP contribution in [0.2, 0.25) is 5.02 Å². The van der Waals surface area contributed by atoms with Crippen LogP contribution >= 0.6 is 11.6 Å². The van der Waals surface area contributed by atoms with Gasteiger partial charge in [-0.15, -0.1) is 0 Å². The lowest BCUT2D eigenvalue weighted by Gasteiger charge is -2.21. The molecule has 3 aromatic rings. The highest BCUT2D eigenvalue weighted by molar-refractivity contribution is 6.30. The number of carbonyl (C=O) groups excluding carboxylic acids is 2. The van der Waals surface area contributed by atoms with Crippen LogP contribution in [0.4, 0.5) is 0 Å². The van der Waals surface area contributed by atoms with Crippen LogP contribution in [-0.4, -0.2) is 50.8 Å². The molecule has 0 saturated carbocycles. The van der Waals surface area contributed by atoms with Gasteiger partial charge in [-0.2, -0.15) is 0 Å². The van der Waals surface area contributed by atoms with E-state index in [-0.39, 0.29) is 31.1 Å². The molecule has 3 aromatic carbocycles. The van der Waals surface area contributed by atoms with E-state index in [1.165, 1.54) is 0 Å². The minimum atomic E-state index is -0.479. The van der Waals surface area contributed by atoms with Gasteiger partial charge >= 0.3 is 0 Å². The van der Waals surface area contributed by atoms with Crippen molar-refractivity contribution in [1.29, 1.82) is 0 Å². The molecule has 1 saturated heterocycles. The Kier molecular flexibility index (Phi) is 7.10.